The van der Waals surface area contributed by atoms with E-state index in [9.17, 15) is 19.5 Å². The van der Waals surface area contributed by atoms with Crippen molar-refractivity contribution >= 4 is 40.7 Å². The lowest BCUT2D eigenvalue weighted by Crippen LogP contribution is -2.40. The zero-order valence-electron chi connectivity index (χ0n) is 25.1. The van der Waals surface area contributed by atoms with Crippen LogP contribution in [0, 0.1) is 6.92 Å². The summed E-state index contributed by atoms with van der Waals surface area (Å²) in [6.07, 6.45) is 1.01. The third-order valence-corrected chi connectivity index (χ3v) is 7.75. The molecule has 44 heavy (non-hydrogen) atoms. The number of fused-ring (bicyclic) bond motifs is 1. The molecule has 0 bridgehead atoms. The van der Waals surface area contributed by atoms with E-state index < -0.39 is 6.10 Å². The summed E-state index contributed by atoms with van der Waals surface area (Å²) in [5.74, 6) is -0.921. The van der Waals surface area contributed by atoms with Crippen molar-refractivity contribution in [1.29, 1.82) is 0 Å². The lowest BCUT2D eigenvalue weighted by molar-refractivity contribution is -0.110. The Kier molecular flexibility index (Phi) is 9.38. The summed E-state index contributed by atoms with van der Waals surface area (Å²) >= 11 is 0. The van der Waals surface area contributed by atoms with Crippen molar-refractivity contribution in [2.75, 3.05) is 36.8 Å². The van der Waals surface area contributed by atoms with Gasteiger partial charge in [-0.3, -0.25) is 14.4 Å². The van der Waals surface area contributed by atoms with Crippen molar-refractivity contribution in [2.24, 2.45) is 0 Å². The van der Waals surface area contributed by atoms with Gasteiger partial charge in [-0.25, -0.2) is 0 Å². The number of rotatable bonds is 11. The second-order valence-corrected chi connectivity index (χ2v) is 10.7. The first-order valence-corrected chi connectivity index (χ1v) is 14.8. The van der Waals surface area contributed by atoms with Gasteiger partial charge >= 0.3 is 0 Å². The van der Waals surface area contributed by atoms with Crippen LogP contribution in [0.2, 0.25) is 0 Å². The van der Waals surface area contributed by atoms with Gasteiger partial charge in [0.05, 0.1) is 17.2 Å². The van der Waals surface area contributed by atoms with Crippen molar-refractivity contribution in [2.45, 2.75) is 26.9 Å². The predicted octanol–water partition coefficient (Wildman–Crippen LogP) is 5.17. The summed E-state index contributed by atoms with van der Waals surface area (Å²) in [6.45, 7) is 8.06. The third-order valence-electron chi connectivity index (χ3n) is 7.75. The number of aryl methyl sites for hydroxylation is 1. The first-order chi connectivity index (χ1) is 21.3. The fraction of sp³-hybridized carbons (Fsp3) is 0.229. The number of H-pyrrole nitrogens is 1. The molecule has 3 aromatic carbocycles. The number of nitrogens with one attached hydrogen (secondary N) is 4. The summed E-state index contributed by atoms with van der Waals surface area (Å²) in [4.78, 5) is 45.2. The minimum Gasteiger partial charge on any atom is -0.390 e. The molecule has 2 heterocycles. The molecule has 4 aromatic rings. The van der Waals surface area contributed by atoms with Gasteiger partial charge in [-0.2, -0.15) is 0 Å². The Morgan fingerprint density at radius 3 is 2.32 bits per heavy atom. The molecule has 0 radical (unpaired) electrons. The summed E-state index contributed by atoms with van der Waals surface area (Å²) < 4.78 is 0. The van der Waals surface area contributed by atoms with Crippen molar-refractivity contribution in [3.63, 3.8) is 0 Å². The number of aromatic nitrogens is 1. The van der Waals surface area contributed by atoms with E-state index in [1.165, 1.54) is 0 Å². The van der Waals surface area contributed by atoms with Crippen molar-refractivity contribution in [3.05, 3.63) is 107 Å². The van der Waals surface area contributed by atoms with Gasteiger partial charge in [-0.15, -0.1) is 0 Å². The molecule has 1 aliphatic rings. The van der Waals surface area contributed by atoms with Crippen LogP contribution in [0.4, 0.5) is 11.4 Å². The van der Waals surface area contributed by atoms with Gasteiger partial charge in [0.25, 0.3) is 17.7 Å². The molecule has 1 atom stereocenters. The van der Waals surface area contributed by atoms with E-state index >= 15 is 0 Å². The molecular weight excluding hydrogens is 554 g/mol. The Bertz CT molecular complexity index is 1690. The molecule has 0 spiro atoms. The number of aromatic amines is 1. The number of carbonyl (C=O) groups is 3. The number of hydrogen-bond donors (Lipinski definition) is 5. The van der Waals surface area contributed by atoms with Gasteiger partial charge in [-0.1, -0.05) is 62.4 Å². The van der Waals surface area contributed by atoms with Crippen LogP contribution >= 0.6 is 0 Å². The van der Waals surface area contributed by atoms with Crippen molar-refractivity contribution in [3.8, 4) is 11.1 Å². The fourth-order valence-electron chi connectivity index (χ4n) is 5.43. The number of anilines is 2. The van der Waals surface area contributed by atoms with Crippen LogP contribution in [0.5, 0.6) is 0 Å². The molecule has 5 rings (SSSR count). The number of amides is 3. The smallest absolute Gasteiger partial charge is 0.256 e. The molecular formula is C35H37N5O4. The summed E-state index contributed by atoms with van der Waals surface area (Å²) in [5, 5.41) is 19.2. The van der Waals surface area contributed by atoms with Crippen LogP contribution in [0.15, 0.2) is 78.9 Å². The summed E-state index contributed by atoms with van der Waals surface area (Å²) in [5.41, 5.74) is 5.73. The van der Waals surface area contributed by atoms with Crippen LogP contribution < -0.4 is 16.0 Å². The number of aliphatic hydroxyl groups excluding tert-OH is 1. The molecule has 1 aliphatic heterocycles. The molecule has 0 fully saturated rings. The molecule has 3 amide bonds. The molecule has 1 unspecified atom stereocenters. The Hall–Kier alpha value is -4.99. The number of carbonyl (C=O) groups excluding carboxylic acids is 3. The van der Waals surface area contributed by atoms with Crippen LogP contribution in [0.1, 0.15) is 51.5 Å². The van der Waals surface area contributed by atoms with E-state index in [2.05, 4.69) is 25.8 Å². The molecule has 9 nitrogen and oxygen atoms in total. The highest BCUT2D eigenvalue weighted by atomic mass is 16.3. The van der Waals surface area contributed by atoms with Gasteiger partial charge in [0.15, 0.2) is 0 Å². The number of hydrogen-bond acceptors (Lipinski definition) is 5. The zero-order valence-corrected chi connectivity index (χ0v) is 25.1. The predicted molar refractivity (Wildman–Crippen MR) is 174 cm³/mol. The number of nitrogens with zero attached hydrogens (tertiary/aromatic N) is 1. The van der Waals surface area contributed by atoms with E-state index in [1.807, 2.05) is 69.3 Å². The topological polar surface area (TPSA) is 127 Å². The minimum absolute atomic E-state index is 0.105. The molecule has 0 aliphatic carbocycles. The molecule has 1 aromatic heterocycles. The van der Waals surface area contributed by atoms with Gasteiger partial charge in [0.2, 0.25) is 0 Å². The number of aliphatic hydroxyl groups is 1. The Balaban J connectivity index is 1.48. The molecule has 5 N–H and O–H groups in total. The van der Waals surface area contributed by atoms with E-state index in [1.54, 1.807) is 36.4 Å². The Morgan fingerprint density at radius 2 is 1.64 bits per heavy atom. The normalized spacial score (nSPS) is 13.9. The second kappa shape index (κ2) is 13.5. The highest BCUT2D eigenvalue weighted by Crippen LogP contribution is 2.37. The number of likely N-dealkylation sites (N-methyl/N-ethyl adjacent to an activating group) is 1. The first kappa shape index (κ1) is 30.5. The van der Waals surface area contributed by atoms with E-state index in [-0.39, 0.29) is 24.3 Å². The molecule has 0 saturated carbocycles. The lowest BCUT2D eigenvalue weighted by Gasteiger charge is -2.22. The zero-order chi connectivity index (χ0) is 31.2. The van der Waals surface area contributed by atoms with Gasteiger partial charge in [0, 0.05) is 52.5 Å². The van der Waals surface area contributed by atoms with E-state index in [0.717, 1.165) is 18.7 Å². The van der Waals surface area contributed by atoms with Crippen LogP contribution in [0.25, 0.3) is 22.8 Å². The minimum atomic E-state index is -0.716. The van der Waals surface area contributed by atoms with Gasteiger partial charge in [-0.05, 0) is 62.0 Å². The SMILES string of the molecule is CCN(CC)CC(O)CNC(=O)c1c(C)[nH]c(/C=C2\C(=O)Nc3ccc(C(=O)Nc4ccccc4)cc32)c1-c1ccccc1. The largest absolute Gasteiger partial charge is 0.390 e. The quantitative estimate of drug-likeness (QED) is 0.154. The molecule has 9 heteroatoms. The maximum absolute atomic E-state index is 13.6. The monoisotopic (exact) mass is 591 g/mol. The standard InChI is InChI=1S/C35H37N5O4/c1-4-40(5-2)21-26(41)20-36-35(44)31-22(3)37-30(32(31)23-12-8-6-9-13-23)19-28-27-18-24(16-17-29(27)39-34(28)43)33(42)38-25-14-10-7-11-15-25/h6-19,26,37,41H,4-5,20-21H2,1-3H3,(H,36,44)(H,38,42)(H,39,43)/b28-19-. The number of benzene rings is 3. The average Bonchev–Trinajstić information content (AvgIpc) is 3.54. The van der Waals surface area contributed by atoms with Crippen molar-refractivity contribution in [1.82, 2.24) is 15.2 Å². The van der Waals surface area contributed by atoms with Crippen LogP contribution in [-0.4, -0.2) is 65.0 Å². The first-order valence-electron chi connectivity index (χ1n) is 14.8. The Labute approximate surface area is 257 Å². The van der Waals surface area contributed by atoms with E-state index in [4.69, 9.17) is 0 Å². The highest BCUT2D eigenvalue weighted by Gasteiger charge is 2.28. The van der Waals surface area contributed by atoms with Gasteiger partial charge in [0.1, 0.15) is 0 Å². The number of para-hydroxylation sites is 1. The van der Waals surface area contributed by atoms with Crippen LogP contribution in [0.3, 0.4) is 0 Å². The molecule has 0 saturated heterocycles. The highest BCUT2D eigenvalue weighted by molar-refractivity contribution is 6.35. The maximum atomic E-state index is 13.6. The fourth-order valence-corrected chi connectivity index (χ4v) is 5.43. The van der Waals surface area contributed by atoms with E-state index in [0.29, 0.717) is 57.1 Å². The summed E-state index contributed by atoms with van der Waals surface area (Å²) in [6, 6.07) is 23.7. The molecule has 226 valence electrons. The van der Waals surface area contributed by atoms with Crippen LogP contribution in [-0.2, 0) is 4.79 Å². The second-order valence-electron chi connectivity index (χ2n) is 10.7. The maximum Gasteiger partial charge on any atom is 0.256 e. The summed E-state index contributed by atoms with van der Waals surface area (Å²) in [7, 11) is 0. The van der Waals surface area contributed by atoms with Crippen molar-refractivity contribution < 1.29 is 19.5 Å². The third kappa shape index (κ3) is 6.64. The van der Waals surface area contributed by atoms with Gasteiger partial charge < -0.3 is 30.9 Å². The average molecular weight is 592 g/mol. The Morgan fingerprint density at radius 1 is 0.955 bits per heavy atom. The lowest BCUT2D eigenvalue weighted by atomic mass is 9.97.